The molecule has 20 heavy (non-hydrogen) atoms. The Kier molecular flexibility index (Phi) is 5.15. The molecule has 1 unspecified atom stereocenters. The lowest BCUT2D eigenvalue weighted by molar-refractivity contribution is -0.121. The van der Waals surface area contributed by atoms with Crippen molar-refractivity contribution in [1.82, 2.24) is 10.3 Å². The lowest BCUT2D eigenvalue weighted by Crippen LogP contribution is -2.27. The van der Waals surface area contributed by atoms with Crippen molar-refractivity contribution >= 4 is 28.8 Å². The third kappa shape index (κ3) is 4.05. The SMILES string of the molecule is Cc1nc(C(C)NC(=O)CCc2ccccc2Cl)cs1. The minimum Gasteiger partial charge on any atom is -0.348 e. The third-order valence-electron chi connectivity index (χ3n) is 3.04. The summed E-state index contributed by atoms with van der Waals surface area (Å²) in [5, 5.41) is 6.66. The molecule has 2 rings (SSSR count). The highest BCUT2D eigenvalue weighted by molar-refractivity contribution is 7.09. The molecule has 2 aromatic rings. The van der Waals surface area contributed by atoms with Crippen LogP contribution in [0.2, 0.25) is 5.02 Å². The van der Waals surface area contributed by atoms with Gasteiger partial charge >= 0.3 is 0 Å². The van der Waals surface area contributed by atoms with Crippen LogP contribution in [0.4, 0.5) is 0 Å². The summed E-state index contributed by atoms with van der Waals surface area (Å²) in [4.78, 5) is 16.3. The van der Waals surface area contributed by atoms with Crippen LogP contribution in [-0.2, 0) is 11.2 Å². The molecule has 5 heteroatoms. The number of aryl methyl sites for hydroxylation is 2. The van der Waals surface area contributed by atoms with E-state index in [0.29, 0.717) is 17.9 Å². The minimum absolute atomic E-state index is 0.0167. The van der Waals surface area contributed by atoms with Crippen molar-refractivity contribution in [2.75, 3.05) is 0 Å². The van der Waals surface area contributed by atoms with Crippen LogP contribution >= 0.6 is 22.9 Å². The molecule has 1 amide bonds. The highest BCUT2D eigenvalue weighted by Gasteiger charge is 2.12. The second-order valence-corrected chi connectivity index (χ2v) is 6.14. The first-order valence-electron chi connectivity index (χ1n) is 6.51. The largest absolute Gasteiger partial charge is 0.348 e. The minimum atomic E-state index is -0.0568. The first kappa shape index (κ1) is 15.0. The zero-order chi connectivity index (χ0) is 14.5. The van der Waals surface area contributed by atoms with E-state index in [-0.39, 0.29) is 11.9 Å². The first-order chi connectivity index (χ1) is 9.56. The normalized spacial score (nSPS) is 12.2. The molecule has 1 aromatic heterocycles. The van der Waals surface area contributed by atoms with Crippen LogP contribution in [0.3, 0.4) is 0 Å². The van der Waals surface area contributed by atoms with Gasteiger partial charge < -0.3 is 5.32 Å². The van der Waals surface area contributed by atoms with E-state index in [2.05, 4.69) is 10.3 Å². The summed E-state index contributed by atoms with van der Waals surface area (Å²) >= 11 is 7.66. The Balaban J connectivity index is 1.85. The number of benzene rings is 1. The number of nitrogens with one attached hydrogen (secondary N) is 1. The smallest absolute Gasteiger partial charge is 0.220 e. The van der Waals surface area contributed by atoms with Crippen LogP contribution in [0.25, 0.3) is 0 Å². The number of rotatable bonds is 5. The Morgan fingerprint density at radius 3 is 2.85 bits per heavy atom. The van der Waals surface area contributed by atoms with Gasteiger partial charge in [-0.1, -0.05) is 29.8 Å². The average molecular weight is 309 g/mol. The van der Waals surface area contributed by atoms with Gasteiger partial charge in [0.1, 0.15) is 0 Å². The van der Waals surface area contributed by atoms with Crippen LogP contribution in [0, 0.1) is 6.92 Å². The Morgan fingerprint density at radius 1 is 1.45 bits per heavy atom. The maximum atomic E-state index is 11.9. The van der Waals surface area contributed by atoms with Gasteiger partial charge in [0, 0.05) is 16.8 Å². The molecule has 0 saturated heterocycles. The molecule has 3 nitrogen and oxygen atoms in total. The van der Waals surface area contributed by atoms with Crippen molar-refractivity contribution in [3.8, 4) is 0 Å². The van der Waals surface area contributed by atoms with E-state index in [9.17, 15) is 4.79 Å². The summed E-state index contributed by atoms with van der Waals surface area (Å²) in [5.74, 6) is 0.0167. The van der Waals surface area contributed by atoms with E-state index >= 15 is 0 Å². The van der Waals surface area contributed by atoms with Crippen molar-refractivity contribution in [2.45, 2.75) is 32.7 Å². The Labute approximate surface area is 128 Å². The fourth-order valence-electron chi connectivity index (χ4n) is 1.92. The second-order valence-electron chi connectivity index (χ2n) is 4.67. The molecule has 1 atom stereocenters. The van der Waals surface area contributed by atoms with Crippen molar-refractivity contribution in [2.24, 2.45) is 0 Å². The Hall–Kier alpha value is -1.39. The molecule has 0 aliphatic heterocycles. The topological polar surface area (TPSA) is 42.0 Å². The maximum absolute atomic E-state index is 11.9. The van der Waals surface area contributed by atoms with Crippen molar-refractivity contribution < 1.29 is 4.79 Å². The van der Waals surface area contributed by atoms with Crippen molar-refractivity contribution in [3.05, 3.63) is 50.9 Å². The molecule has 0 fully saturated rings. The van der Waals surface area contributed by atoms with Gasteiger partial charge in [0.15, 0.2) is 0 Å². The molecule has 0 aliphatic carbocycles. The number of nitrogens with zero attached hydrogens (tertiary/aromatic N) is 1. The molecular formula is C15H17ClN2OS. The van der Waals surface area contributed by atoms with Crippen LogP contribution < -0.4 is 5.32 Å². The van der Waals surface area contributed by atoms with Crippen molar-refractivity contribution in [1.29, 1.82) is 0 Å². The number of thiazole rings is 1. The summed E-state index contributed by atoms with van der Waals surface area (Å²) < 4.78 is 0. The highest BCUT2D eigenvalue weighted by atomic mass is 35.5. The van der Waals surface area contributed by atoms with E-state index in [1.807, 2.05) is 43.5 Å². The summed E-state index contributed by atoms with van der Waals surface area (Å²) in [6.07, 6.45) is 1.07. The van der Waals surface area contributed by atoms with Crippen LogP contribution in [0.15, 0.2) is 29.6 Å². The summed E-state index contributed by atoms with van der Waals surface area (Å²) in [6.45, 7) is 3.90. The fraction of sp³-hybridized carbons (Fsp3) is 0.333. The van der Waals surface area contributed by atoms with Gasteiger partial charge in [0.05, 0.1) is 16.7 Å². The monoisotopic (exact) mass is 308 g/mol. The van der Waals surface area contributed by atoms with E-state index in [1.54, 1.807) is 11.3 Å². The molecule has 1 aromatic carbocycles. The highest BCUT2D eigenvalue weighted by Crippen LogP contribution is 2.18. The molecular weight excluding hydrogens is 292 g/mol. The van der Waals surface area contributed by atoms with Crippen LogP contribution in [0.1, 0.15) is 35.7 Å². The van der Waals surface area contributed by atoms with Crippen LogP contribution in [0.5, 0.6) is 0 Å². The number of aromatic nitrogens is 1. The predicted molar refractivity (Wildman–Crippen MR) is 83.2 cm³/mol. The van der Waals surface area contributed by atoms with Gasteiger partial charge in [-0.05, 0) is 31.9 Å². The summed E-state index contributed by atoms with van der Waals surface area (Å²) in [7, 11) is 0. The van der Waals surface area contributed by atoms with E-state index < -0.39 is 0 Å². The fourth-order valence-corrected chi connectivity index (χ4v) is 2.85. The Morgan fingerprint density at radius 2 is 2.20 bits per heavy atom. The van der Waals surface area contributed by atoms with Gasteiger partial charge in [0.2, 0.25) is 5.91 Å². The molecule has 0 radical (unpaired) electrons. The van der Waals surface area contributed by atoms with Crippen molar-refractivity contribution in [3.63, 3.8) is 0 Å². The lowest BCUT2D eigenvalue weighted by Gasteiger charge is -2.11. The molecule has 106 valence electrons. The van der Waals surface area contributed by atoms with Gasteiger partial charge in [-0.2, -0.15) is 0 Å². The second kappa shape index (κ2) is 6.86. The molecule has 1 N–H and O–H groups in total. The van der Waals surface area contributed by atoms with Crippen LogP contribution in [-0.4, -0.2) is 10.9 Å². The molecule has 0 aliphatic rings. The maximum Gasteiger partial charge on any atom is 0.220 e. The number of halogens is 1. The Bertz CT molecular complexity index is 597. The molecule has 0 spiro atoms. The zero-order valence-corrected chi connectivity index (χ0v) is 13.1. The molecule has 0 bridgehead atoms. The zero-order valence-electron chi connectivity index (χ0n) is 11.5. The molecule has 1 heterocycles. The number of hydrogen-bond donors (Lipinski definition) is 1. The number of carbonyl (C=O) groups is 1. The lowest BCUT2D eigenvalue weighted by atomic mass is 10.1. The van der Waals surface area contributed by atoms with E-state index in [0.717, 1.165) is 16.3 Å². The average Bonchev–Trinajstić information content (AvgIpc) is 2.84. The third-order valence-corrected chi connectivity index (χ3v) is 4.20. The first-order valence-corrected chi connectivity index (χ1v) is 7.77. The predicted octanol–water partition coefficient (Wildman–Crippen LogP) is 3.91. The number of hydrogen-bond acceptors (Lipinski definition) is 3. The van der Waals surface area contributed by atoms with E-state index in [1.165, 1.54) is 0 Å². The number of amides is 1. The van der Waals surface area contributed by atoms with Gasteiger partial charge in [-0.3, -0.25) is 4.79 Å². The number of carbonyl (C=O) groups excluding carboxylic acids is 1. The standard InChI is InChI=1S/C15H17ClN2OS/c1-10(14-9-20-11(2)18-14)17-15(19)8-7-12-5-3-4-6-13(12)16/h3-6,9-10H,7-8H2,1-2H3,(H,17,19). The molecule has 0 saturated carbocycles. The quantitative estimate of drug-likeness (QED) is 0.909. The summed E-state index contributed by atoms with van der Waals surface area (Å²) in [5.41, 5.74) is 1.92. The van der Waals surface area contributed by atoms with Gasteiger partial charge in [0.25, 0.3) is 0 Å². The summed E-state index contributed by atoms with van der Waals surface area (Å²) in [6, 6.07) is 7.55. The van der Waals surface area contributed by atoms with E-state index in [4.69, 9.17) is 11.6 Å². The van der Waals surface area contributed by atoms with Gasteiger partial charge in [-0.25, -0.2) is 4.98 Å². The van der Waals surface area contributed by atoms with Gasteiger partial charge in [-0.15, -0.1) is 11.3 Å².